The molecule has 0 atom stereocenters. The second kappa shape index (κ2) is 4.08. The quantitative estimate of drug-likeness (QED) is 0.819. The van der Waals surface area contributed by atoms with Gasteiger partial charge in [0, 0.05) is 21.6 Å². The lowest BCUT2D eigenvalue weighted by Crippen LogP contribution is -1.83. The van der Waals surface area contributed by atoms with Gasteiger partial charge in [0.1, 0.15) is 5.75 Å². The smallest absolute Gasteiger partial charge is 0.319 e. The van der Waals surface area contributed by atoms with Crippen molar-refractivity contribution in [3.8, 4) is 10.9 Å². The van der Waals surface area contributed by atoms with Gasteiger partial charge < -0.3 is 4.74 Å². The van der Waals surface area contributed by atoms with E-state index in [0.717, 1.165) is 11.5 Å². The first-order valence-corrected chi connectivity index (χ1v) is 5.06. The Kier molecular flexibility index (Phi) is 2.81. The highest BCUT2D eigenvalue weighted by atomic mass is 35.5. The predicted octanol–water partition coefficient (Wildman–Crippen LogP) is 3.03. The average Bonchev–Trinajstić information content (AvgIpc) is 2.54. The van der Waals surface area contributed by atoms with Crippen molar-refractivity contribution in [2.24, 2.45) is 0 Å². The minimum absolute atomic E-state index is 0.350. The van der Waals surface area contributed by atoms with E-state index < -0.39 is 0 Å². The Morgan fingerprint density at radius 3 is 2.43 bits per heavy atom. The molecular formula is C7H3Cl2N3OS. The molecule has 4 nitrogen and oxygen atoms in total. The molecule has 2 rings (SSSR count). The normalized spacial score (nSPS) is 10.1. The van der Waals surface area contributed by atoms with E-state index in [2.05, 4.69) is 14.8 Å². The molecule has 0 amide bonds. The zero-order valence-electron chi connectivity index (χ0n) is 6.65. The monoisotopic (exact) mass is 247 g/mol. The SMILES string of the molecule is Clc1cc(Cl)cc(Oc2nnns2)c1. The van der Waals surface area contributed by atoms with Crippen molar-refractivity contribution >= 4 is 34.7 Å². The summed E-state index contributed by atoms with van der Waals surface area (Å²) in [4.78, 5) is 0. The maximum atomic E-state index is 5.78. The first kappa shape index (κ1) is 9.64. The van der Waals surface area contributed by atoms with Gasteiger partial charge in [0.15, 0.2) is 0 Å². The van der Waals surface area contributed by atoms with E-state index >= 15 is 0 Å². The molecule has 0 aliphatic carbocycles. The van der Waals surface area contributed by atoms with Crippen LogP contribution in [-0.4, -0.2) is 14.8 Å². The number of rotatable bonds is 2. The molecule has 1 aromatic carbocycles. The van der Waals surface area contributed by atoms with Crippen LogP contribution < -0.4 is 4.74 Å². The highest BCUT2D eigenvalue weighted by Crippen LogP contribution is 2.28. The van der Waals surface area contributed by atoms with Crippen molar-refractivity contribution in [2.45, 2.75) is 0 Å². The largest absolute Gasteiger partial charge is 0.429 e. The van der Waals surface area contributed by atoms with Crippen LogP contribution in [0, 0.1) is 0 Å². The van der Waals surface area contributed by atoms with Gasteiger partial charge in [-0.05, 0) is 23.4 Å². The van der Waals surface area contributed by atoms with Crippen LogP contribution in [0.2, 0.25) is 10.0 Å². The predicted molar refractivity (Wildman–Crippen MR) is 54.2 cm³/mol. The molecule has 72 valence electrons. The maximum Gasteiger partial charge on any atom is 0.319 e. The summed E-state index contributed by atoms with van der Waals surface area (Å²) in [6, 6.07) is 4.89. The summed E-state index contributed by atoms with van der Waals surface area (Å²) in [6.45, 7) is 0. The number of halogens is 2. The van der Waals surface area contributed by atoms with E-state index in [-0.39, 0.29) is 0 Å². The number of hydrogen-bond donors (Lipinski definition) is 0. The van der Waals surface area contributed by atoms with E-state index in [1.54, 1.807) is 18.2 Å². The van der Waals surface area contributed by atoms with E-state index in [4.69, 9.17) is 27.9 Å². The molecule has 0 N–H and O–H groups in total. The Morgan fingerprint density at radius 1 is 1.14 bits per heavy atom. The van der Waals surface area contributed by atoms with E-state index in [9.17, 15) is 0 Å². The molecule has 0 spiro atoms. The van der Waals surface area contributed by atoms with Crippen molar-refractivity contribution in [2.75, 3.05) is 0 Å². The molecule has 0 saturated heterocycles. The van der Waals surface area contributed by atoms with Gasteiger partial charge in [0.2, 0.25) is 0 Å². The fourth-order valence-electron chi connectivity index (χ4n) is 0.854. The summed E-state index contributed by atoms with van der Waals surface area (Å²) in [7, 11) is 0. The minimum atomic E-state index is 0.350. The average molecular weight is 248 g/mol. The molecule has 0 unspecified atom stereocenters. The number of aromatic nitrogens is 3. The van der Waals surface area contributed by atoms with Gasteiger partial charge in [0.25, 0.3) is 0 Å². The lowest BCUT2D eigenvalue weighted by Gasteiger charge is -2.01. The van der Waals surface area contributed by atoms with Crippen LogP contribution in [-0.2, 0) is 0 Å². The summed E-state index contributed by atoms with van der Waals surface area (Å²) in [5.74, 6) is 0.515. The second-order valence-electron chi connectivity index (χ2n) is 2.34. The molecule has 0 aliphatic rings. The van der Waals surface area contributed by atoms with Crippen molar-refractivity contribution in [1.29, 1.82) is 0 Å². The highest BCUT2D eigenvalue weighted by molar-refractivity contribution is 7.07. The lowest BCUT2D eigenvalue weighted by atomic mass is 10.3. The van der Waals surface area contributed by atoms with Crippen LogP contribution in [0.25, 0.3) is 0 Å². The molecule has 0 bridgehead atoms. The van der Waals surface area contributed by atoms with Gasteiger partial charge in [0.05, 0.1) is 0 Å². The first-order valence-electron chi connectivity index (χ1n) is 3.53. The molecule has 14 heavy (non-hydrogen) atoms. The molecule has 0 radical (unpaired) electrons. The van der Waals surface area contributed by atoms with E-state index in [1.165, 1.54) is 0 Å². The first-order chi connectivity index (χ1) is 6.74. The van der Waals surface area contributed by atoms with Gasteiger partial charge in [-0.25, -0.2) is 0 Å². The molecule has 1 heterocycles. The molecule has 0 fully saturated rings. The van der Waals surface area contributed by atoms with Crippen molar-refractivity contribution in [1.82, 2.24) is 14.8 Å². The molecule has 0 aliphatic heterocycles. The summed E-state index contributed by atoms with van der Waals surface area (Å²) < 4.78 is 8.85. The van der Waals surface area contributed by atoms with Crippen molar-refractivity contribution in [3.05, 3.63) is 28.2 Å². The third kappa shape index (κ3) is 2.31. The van der Waals surface area contributed by atoms with Gasteiger partial charge >= 0.3 is 5.19 Å². The van der Waals surface area contributed by atoms with Crippen molar-refractivity contribution in [3.63, 3.8) is 0 Å². The van der Waals surface area contributed by atoms with Gasteiger partial charge in [-0.3, -0.25) is 0 Å². The highest BCUT2D eigenvalue weighted by Gasteiger charge is 2.03. The van der Waals surface area contributed by atoms with Crippen LogP contribution in [0.1, 0.15) is 0 Å². The van der Waals surface area contributed by atoms with Crippen LogP contribution in [0.5, 0.6) is 10.9 Å². The maximum absolute atomic E-state index is 5.78. The van der Waals surface area contributed by atoms with Crippen LogP contribution in [0.3, 0.4) is 0 Å². The number of benzene rings is 1. The Hall–Kier alpha value is -0.910. The lowest BCUT2D eigenvalue weighted by molar-refractivity contribution is 0.472. The third-order valence-corrected chi connectivity index (χ3v) is 2.24. The molecule has 7 heteroatoms. The summed E-state index contributed by atoms with van der Waals surface area (Å²) in [6.07, 6.45) is 0. The molecule has 1 aromatic heterocycles. The van der Waals surface area contributed by atoms with E-state index in [0.29, 0.717) is 21.0 Å². The number of hydrogen-bond acceptors (Lipinski definition) is 5. The van der Waals surface area contributed by atoms with Crippen LogP contribution in [0.4, 0.5) is 0 Å². The number of ether oxygens (including phenoxy) is 1. The van der Waals surface area contributed by atoms with Gasteiger partial charge in [-0.15, -0.1) is 0 Å². The van der Waals surface area contributed by atoms with E-state index in [1.807, 2.05) is 0 Å². The molecule has 2 aromatic rings. The third-order valence-electron chi connectivity index (χ3n) is 1.32. The standard InChI is InChI=1S/C7H3Cl2N3OS/c8-4-1-5(9)3-6(2-4)13-7-10-11-12-14-7/h1-3H. The van der Waals surface area contributed by atoms with Crippen LogP contribution in [0.15, 0.2) is 18.2 Å². The Labute approximate surface area is 93.6 Å². The topological polar surface area (TPSA) is 47.9 Å². The van der Waals surface area contributed by atoms with Gasteiger partial charge in [-0.2, -0.15) is 0 Å². The zero-order chi connectivity index (χ0) is 9.97. The van der Waals surface area contributed by atoms with Gasteiger partial charge in [-0.1, -0.05) is 32.8 Å². The summed E-state index contributed by atoms with van der Waals surface area (Å²) in [5.41, 5.74) is 0. The number of nitrogens with zero attached hydrogens (tertiary/aromatic N) is 3. The summed E-state index contributed by atoms with van der Waals surface area (Å²) >= 11 is 12.6. The Balaban J connectivity index is 2.25. The zero-order valence-corrected chi connectivity index (χ0v) is 8.97. The Bertz CT molecular complexity index is 414. The van der Waals surface area contributed by atoms with Crippen molar-refractivity contribution < 1.29 is 4.74 Å². The Morgan fingerprint density at radius 2 is 1.86 bits per heavy atom. The molecule has 0 saturated carbocycles. The second-order valence-corrected chi connectivity index (χ2v) is 3.90. The minimum Gasteiger partial charge on any atom is -0.429 e. The van der Waals surface area contributed by atoms with Crippen LogP contribution >= 0.6 is 34.7 Å². The molecular weight excluding hydrogens is 245 g/mol. The summed E-state index contributed by atoms with van der Waals surface area (Å²) in [5, 5.41) is 8.37. The fourth-order valence-corrected chi connectivity index (χ4v) is 1.71. The fraction of sp³-hybridized carbons (Fsp3) is 0.